The van der Waals surface area contributed by atoms with Crippen LogP contribution in [0.3, 0.4) is 0 Å². The molecule has 1 aliphatic carbocycles. The average Bonchev–Trinajstić information content (AvgIpc) is 3.30. The van der Waals surface area contributed by atoms with Crippen molar-refractivity contribution in [2.24, 2.45) is 17.6 Å². The number of likely N-dealkylation sites (tertiary alicyclic amines) is 1. The first-order valence-corrected chi connectivity index (χ1v) is 8.58. The monoisotopic (exact) mass is 353 g/mol. The predicted molar refractivity (Wildman–Crippen MR) is 89.1 cm³/mol. The van der Waals surface area contributed by atoms with Crippen LogP contribution < -0.4 is 11.1 Å². The molecule has 2 atom stereocenters. The first kappa shape index (κ1) is 17.2. The topological polar surface area (TPSA) is 75.4 Å². The van der Waals surface area contributed by atoms with E-state index in [-0.39, 0.29) is 28.4 Å². The molecular formula is C17H21ClFN3O2. The summed E-state index contributed by atoms with van der Waals surface area (Å²) in [6.07, 6.45) is 2.67. The summed E-state index contributed by atoms with van der Waals surface area (Å²) in [7, 11) is 0. The number of hydrogen-bond donors (Lipinski definition) is 2. The summed E-state index contributed by atoms with van der Waals surface area (Å²) in [6, 6.07) is 4.07. The number of hydrogen-bond acceptors (Lipinski definition) is 3. The van der Waals surface area contributed by atoms with Crippen molar-refractivity contribution in [1.82, 2.24) is 10.2 Å². The van der Waals surface area contributed by atoms with Gasteiger partial charge in [0, 0.05) is 37.7 Å². The van der Waals surface area contributed by atoms with E-state index in [0.717, 1.165) is 12.6 Å². The zero-order valence-electron chi connectivity index (χ0n) is 13.3. The van der Waals surface area contributed by atoms with Crippen molar-refractivity contribution in [2.75, 3.05) is 19.6 Å². The van der Waals surface area contributed by atoms with Gasteiger partial charge in [0.15, 0.2) is 0 Å². The van der Waals surface area contributed by atoms with Crippen LogP contribution in [0.25, 0.3) is 0 Å². The van der Waals surface area contributed by atoms with E-state index < -0.39 is 5.82 Å². The molecule has 0 spiro atoms. The normalized spacial score (nSPS) is 24.1. The van der Waals surface area contributed by atoms with Crippen molar-refractivity contribution in [3.63, 3.8) is 0 Å². The number of carbonyl (C=O) groups excluding carboxylic acids is 2. The maximum absolute atomic E-state index is 13.5. The van der Waals surface area contributed by atoms with Crippen LogP contribution in [0.4, 0.5) is 4.39 Å². The first-order chi connectivity index (χ1) is 11.4. The molecule has 0 aromatic heterocycles. The van der Waals surface area contributed by atoms with Crippen molar-refractivity contribution in [3.05, 3.63) is 34.6 Å². The second-order valence-corrected chi connectivity index (χ2v) is 7.09. The van der Waals surface area contributed by atoms with Gasteiger partial charge in [-0.2, -0.15) is 0 Å². The van der Waals surface area contributed by atoms with Gasteiger partial charge in [0.05, 0.1) is 5.02 Å². The lowest BCUT2D eigenvalue weighted by Crippen LogP contribution is -2.41. The molecule has 1 aliphatic heterocycles. The number of primary amides is 1. The molecule has 24 heavy (non-hydrogen) atoms. The summed E-state index contributed by atoms with van der Waals surface area (Å²) >= 11 is 5.66. The molecule has 130 valence electrons. The number of carbonyl (C=O) groups is 2. The molecule has 5 nitrogen and oxygen atoms in total. The maximum Gasteiger partial charge on any atom is 0.251 e. The van der Waals surface area contributed by atoms with Crippen LogP contribution in [0.1, 0.15) is 29.6 Å². The molecule has 3 rings (SSSR count). The number of benzene rings is 1. The Balaban J connectivity index is 1.64. The number of rotatable bonds is 6. The minimum absolute atomic E-state index is 0.000834. The molecular weight excluding hydrogens is 333 g/mol. The van der Waals surface area contributed by atoms with Crippen LogP contribution in [0.2, 0.25) is 5.02 Å². The Kier molecular flexibility index (Phi) is 5.06. The predicted octanol–water partition coefficient (Wildman–Crippen LogP) is 1.79. The van der Waals surface area contributed by atoms with E-state index in [1.807, 2.05) is 0 Å². The van der Waals surface area contributed by atoms with Gasteiger partial charge < -0.3 is 16.0 Å². The van der Waals surface area contributed by atoms with E-state index in [1.54, 1.807) is 0 Å². The molecule has 2 aliphatic rings. The molecule has 1 aromatic carbocycles. The van der Waals surface area contributed by atoms with E-state index in [2.05, 4.69) is 10.2 Å². The number of nitrogens with one attached hydrogen (secondary N) is 1. The van der Waals surface area contributed by atoms with Crippen LogP contribution in [-0.4, -0.2) is 42.4 Å². The van der Waals surface area contributed by atoms with E-state index in [4.69, 9.17) is 17.3 Å². The fourth-order valence-electron chi connectivity index (χ4n) is 3.41. The Hall–Kier alpha value is -1.66. The van der Waals surface area contributed by atoms with Gasteiger partial charge in [0.25, 0.3) is 5.91 Å². The Morgan fingerprint density at radius 1 is 1.33 bits per heavy atom. The van der Waals surface area contributed by atoms with Gasteiger partial charge in [-0.15, -0.1) is 0 Å². The smallest absolute Gasteiger partial charge is 0.251 e. The van der Waals surface area contributed by atoms with Gasteiger partial charge in [-0.3, -0.25) is 9.59 Å². The highest BCUT2D eigenvalue weighted by molar-refractivity contribution is 6.30. The highest BCUT2D eigenvalue weighted by Gasteiger charge is 2.42. The van der Waals surface area contributed by atoms with Crippen molar-refractivity contribution < 1.29 is 14.0 Å². The van der Waals surface area contributed by atoms with Gasteiger partial charge in [-0.05, 0) is 42.9 Å². The minimum Gasteiger partial charge on any atom is -0.370 e. The summed E-state index contributed by atoms with van der Waals surface area (Å²) in [6.45, 7) is 2.16. The number of nitrogens with zero attached hydrogens (tertiary/aromatic N) is 1. The summed E-state index contributed by atoms with van der Waals surface area (Å²) in [5, 5.41) is 3.03. The second-order valence-electron chi connectivity index (χ2n) is 6.69. The average molecular weight is 354 g/mol. The van der Waals surface area contributed by atoms with Crippen LogP contribution in [0.5, 0.6) is 0 Å². The summed E-state index contributed by atoms with van der Waals surface area (Å²) in [5.41, 5.74) is 5.48. The minimum atomic E-state index is -0.599. The number of nitrogens with two attached hydrogens (primary N) is 1. The summed E-state index contributed by atoms with van der Waals surface area (Å²) in [5.74, 6) is -0.215. The Morgan fingerprint density at radius 2 is 2.08 bits per heavy atom. The fraction of sp³-hybridized carbons (Fsp3) is 0.529. The molecule has 1 saturated carbocycles. The quantitative estimate of drug-likeness (QED) is 0.818. The fourth-order valence-corrected chi connectivity index (χ4v) is 3.53. The molecule has 1 heterocycles. The Morgan fingerprint density at radius 3 is 2.71 bits per heavy atom. The van der Waals surface area contributed by atoms with Crippen molar-refractivity contribution in [3.8, 4) is 0 Å². The first-order valence-electron chi connectivity index (χ1n) is 8.20. The summed E-state index contributed by atoms with van der Waals surface area (Å²) < 4.78 is 13.5. The van der Waals surface area contributed by atoms with E-state index in [1.165, 1.54) is 25.0 Å². The third-order valence-electron chi connectivity index (χ3n) is 4.84. The van der Waals surface area contributed by atoms with Crippen molar-refractivity contribution in [2.45, 2.75) is 25.3 Å². The zero-order valence-corrected chi connectivity index (χ0v) is 14.1. The third-order valence-corrected chi connectivity index (χ3v) is 5.15. The van der Waals surface area contributed by atoms with Gasteiger partial charge >= 0.3 is 0 Å². The van der Waals surface area contributed by atoms with E-state index in [0.29, 0.717) is 31.3 Å². The largest absolute Gasteiger partial charge is 0.370 e. The van der Waals surface area contributed by atoms with Gasteiger partial charge in [0.2, 0.25) is 5.91 Å². The molecule has 2 fully saturated rings. The van der Waals surface area contributed by atoms with Gasteiger partial charge in [0.1, 0.15) is 5.82 Å². The highest BCUT2D eigenvalue weighted by Crippen LogP contribution is 2.41. The molecule has 3 N–H and O–H groups in total. The zero-order chi connectivity index (χ0) is 17.3. The van der Waals surface area contributed by atoms with Gasteiger partial charge in [-0.1, -0.05) is 11.6 Å². The van der Waals surface area contributed by atoms with Crippen LogP contribution in [-0.2, 0) is 4.79 Å². The molecule has 0 unspecified atom stereocenters. The SMILES string of the molecule is NC(=O)CCN1C[C@@H](NC(=O)c2ccc(Cl)c(F)c2)[C@H](C2CC2)C1. The summed E-state index contributed by atoms with van der Waals surface area (Å²) in [4.78, 5) is 25.5. The Bertz CT molecular complexity index is 651. The maximum atomic E-state index is 13.5. The van der Waals surface area contributed by atoms with E-state index in [9.17, 15) is 14.0 Å². The standard InChI is InChI=1S/C17H21ClFN3O2/c18-13-4-3-11(7-14(13)19)17(24)21-15-9-22(6-5-16(20)23)8-12(15)10-1-2-10/h3-4,7,10,12,15H,1-2,5-6,8-9H2,(H2,20,23)(H,21,24)/t12-,15+/m0/s1. The molecule has 2 amide bonds. The van der Waals surface area contributed by atoms with E-state index >= 15 is 0 Å². The molecule has 7 heteroatoms. The van der Waals surface area contributed by atoms with Crippen molar-refractivity contribution in [1.29, 1.82) is 0 Å². The number of amides is 2. The number of halogens is 2. The lowest BCUT2D eigenvalue weighted by atomic mass is 9.98. The third kappa shape index (κ3) is 4.05. The van der Waals surface area contributed by atoms with Crippen molar-refractivity contribution >= 4 is 23.4 Å². The molecule has 0 bridgehead atoms. The lowest BCUT2D eigenvalue weighted by Gasteiger charge is -2.19. The van der Waals surface area contributed by atoms with Crippen LogP contribution in [0.15, 0.2) is 18.2 Å². The van der Waals surface area contributed by atoms with Gasteiger partial charge in [-0.25, -0.2) is 4.39 Å². The lowest BCUT2D eigenvalue weighted by molar-refractivity contribution is -0.118. The highest BCUT2D eigenvalue weighted by atomic mass is 35.5. The van der Waals surface area contributed by atoms with Crippen LogP contribution in [0, 0.1) is 17.7 Å². The second kappa shape index (κ2) is 7.07. The molecule has 0 radical (unpaired) electrons. The Labute approximate surface area is 145 Å². The molecule has 1 aromatic rings. The molecule has 1 saturated heterocycles. The van der Waals surface area contributed by atoms with Crippen LogP contribution >= 0.6 is 11.6 Å².